The van der Waals surface area contributed by atoms with Gasteiger partial charge in [0.15, 0.2) is 6.61 Å². The molecule has 1 N–H and O–H groups in total. The lowest BCUT2D eigenvalue weighted by Gasteiger charge is -2.07. The Morgan fingerprint density at radius 1 is 1.19 bits per heavy atom. The van der Waals surface area contributed by atoms with Crippen molar-refractivity contribution in [3.8, 4) is 11.5 Å². The molecule has 0 aliphatic carbocycles. The first-order valence-corrected chi connectivity index (χ1v) is 7.80. The molecule has 2 aromatic carbocycles. The molecule has 138 valence electrons. The Labute approximate surface area is 149 Å². The molecule has 0 bridgehead atoms. The van der Waals surface area contributed by atoms with Gasteiger partial charge in [-0.1, -0.05) is 17.3 Å². The van der Waals surface area contributed by atoms with E-state index in [-0.39, 0.29) is 12.4 Å². The van der Waals surface area contributed by atoms with Gasteiger partial charge < -0.3 is 19.6 Å². The Kier molecular flexibility index (Phi) is 7.35. The molecule has 2 aromatic rings. The number of rotatable bonds is 9. The molecule has 0 unspecified atom stereocenters. The van der Waals surface area contributed by atoms with Crippen LogP contribution in [0.2, 0.25) is 0 Å². The highest BCUT2D eigenvalue weighted by molar-refractivity contribution is 5.91. The van der Waals surface area contributed by atoms with Crippen LogP contribution in [-0.2, 0) is 9.63 Å². The minimum absolute atomic E-state index is 0.0336. The number of amides is 1. The Hall–Kier alpha value is -3.16. The number of halogens is 2. The number of carbonyl (C=O) groups excluding carboxylic acids is 1. The molecule has 0 fully saturated rings. The molecule has 2 rings (SSSR count). The summed E-state index contributed by atoms with van der Waals surface area (Å²) in [5.74, 6) is 0.258. The fraction of sp³-hybridized carbons (Fsp3) is 0.222. The summed E-state index contributed by atoms with van der Waals surface area (Å²) in [7, 11) is 0. The molecule has 1 amide bonds. The maximum absolute atomic E-state index is 12.3. The molecule has 0 atom stereocenters. The summed E-state index contributed by atoms with van der Waals surface area (Å²) >= 11 is 0. The fourth-order valence-corrected chi connectivity index (χ4v) is 1.98. The quantitative estimate of drug-likeness (QED) is 0.544. The van der Waals surface area contributed by atoms with Gasteiger partial charge in [0.2, 0.25) is 0 Å². The number of oxime groups is 1. The van der Waals surface area contributed by atoms with Gasteiger partial charge in [0.05, 0.1) is 12.8 Å². The van der Waals surface area contributed by atoms with E-state index in [2.05, 4.69) is 15.2 Å². The van der Waals surface area contributed by atoms with Gasteiger partial charge in [-0.25, -0.2) is 0 Å². The molecule has 0 saturated carbocycles. The van der Waals surface area contributed by atoms with Crippen LogP contribution in [0.25, 0.3) is 0 Å². The predicted octanol–water partition coefficient (Wildman–Crippen LogP) is 3.68. The Bertz CT molecular complexity index is 736. The highest BCUT2D eigenvalue weighted by Crippen LogP contribution is 2.18. The molecule has 26 heavy (non-hydrogen) atoms. The summed E-state index contributed by atoms with van der Waals surface area (Å²) in [6.45, 7) is -0.832. The van der Waals surface area contributed by atoms with E-state index in [9.17, 15) is 13.6 Å². The molecular weight excluding hydrogens is 346 g/mol. The molecular formula is C18H18F2N2O4. The van der Waals surface area contributed by atoms with E-state index >= 15 is 0 Å². The number of nitrogens with one attached hydrogen (secondary N) is 1. The SMILES string of the molecule is CCOc1ccc(NC(=O)CO/N=C/c2ccccc2OC(F)F)cc1. The predicted molar refractivity (Wildman–Crippen MR) is 92.9 cm³/mol. The maximum atomic E-state index is 12.3. The molecule has 0 saturated heterocycles. The van der Waals surface area contributed by atoms with Crippen LogP contribution in [0.4, 0.5) is 14.5 Å². The Morgan fingerprint density at radius 3 is 2.62 bits per heavy atom. The van der Waals surface area contributed by atoms with Gasteiger partial charge in [-0.2, -0.15) is 8.78 Å². The lowest BCUT2D eigenvalue weighted by atomic mass is 10.2. The summed E-state index contributed by atoms with van der Waals surface area (Å²) < 4.78 is 34.3. The van der Waals surface area contributed by atoms with Crippen LogP contribution < -0.4 is 14.8 Å². The lowest BCUT2D eigenvalue weighted by Crippen LogP contribution is -2.16. The van der Waals surface area contributed by atoms with Crippen molar-refractivity contribution >= 4 is 17.8 Å². The molecule has 0 aromatic heterocycles. The van der Waals surface area contributed by atoms with Gasteiger partial charge >= 0.3 is 6.61 Å². The van der Waals surface area contributed by atoms with Gasteiger partial charge in [-0.3, -0.25) is 4.79 Å². The topological polar surface area (TPSA) is 69.2 Å². The average Bonchev–Trinajstić information content (AvgIpc) is 2.61. The number of hydrogen-bond acceptors (Lipinski definition) is 5. The van der Waals surface area contributed by atoms with Crippen LogP contribution in [0, 0.1) is 0 Å². The third kappa shape index (κ3) is 6.39. The van der Waals surface area contributed by atoms with Gasteiger partial charge in [0, 0.05) is 11.3 Å². The Morgan fingerprint density at radius 2 is 1.92 bits per heavy atom. The molecule has 6 nitrogen and oxygen atoms in total. The van der Waals surface area contributed by atoms with Crippen molar-refractivity contribution < 1.29 is 27.9 Å². The average molecular weight is 364 g/mol. The number of para-hydroxylation sites is 1. The van der Waals surface area contributed by atoms with Gasteiger partial charge in [0.1, 0.15) is 11.5 Å². The third-order valence-electron chi connectivity index (χ3n) is 3.05. The van der Waals surface area contributed by atoms with Gasteiger partial charge in [0.25, 0.3) is 5.91 Å². The maximum Gasteiger partial charge on any atom is 0.387 e. The number of benzene rings is 2. The zero-order valence-electron chi connectivity index (χ0n) is 14.0. The summed E-state index contributed by atoms with van der Waals surface area (Å²) in [6.07, 6.45) is 1.20. The number of carbonyl (C=O) groups is 1. The van der Waals surface area contributed by atoms with E-state index < -0.39 is 12.5 Å². The van der Waals surface area contributed by atoms with Crippen LogP contribution >= 0.6 is 0 Å². The molecule has 0 heterocycles. The molecule has 0 spiro atoms. The minimum Gasteiger partial charge on any atom is -0.494 e. The van der Waals surface area contributed by atoms with E-state index in [1.807, 2.05) is 6.92 Å². The van der Waals surface area contributed by atoms with Crippen LogP contribution in [-0.4, -0.2) is 31.9 Å². The first-order valence-electron chi connectivity index (χ1n) is 7.80. The summed E-state index contributed by atoms with van der Waals surface area (Å²) in [6, 6.07) is 13.0. The van der Waals surface area contributed by atoms with Crippen molar-refractivity contribution in [3.05, 3.63) is 54.1 Å². The van der Waals surface area contributed by atoms with Crippen molar-refractivity contribution in [1.82, 2.24) is 0 Å². The van der Waals surface area contributed by atoms with Crippen LogP contribution in [0.5, 0.6) is 11.5 Å². The molecule has 0 aliphatic heterocycles. The lowest BCUT2D eigenvalue weighted by molar-refractivity contribution is -0.120. The van der Waals surface area contributed by atoms with E-state index in [0.29, 0.717) is 23.6 Å². The van der Waals surface area contributed by atoms with Crippen molar-refractivity contribution in [2.24, 2.45) is 5.16 Å². The summed E-state index contributed by atoms with van der Waals surface area (Å²) in [4.78, 5) is 16.7. The first kappa shape index (κ1) is 19.2. The van der Waals surface area contributed by atoms with Gasteiger partial charge in [-0.05, 0) is 43.3 Å². The first-order chi connectivity index (χ1) is 12.6. The fourth-order valence-electron chi connectivity index (χ4n) is 1.98. The molecule has 0 radical (unpaired) electrons. The van der Waals surface area contributed by atoms with E-state index in [4.69, 9.17) is 9.57 Å². The van der Waals surface area contributed by atoms with Crippen molar-refractivity contribution in [1.29, 1.82) is 0 Å². The van der Waals surface area contributed by atoms with E-state index in [0.717, 1.165) is 0 Å². The smallest absolute Gasteiger partial charge is 0.387 e. The number of nitrogens with zero attached hydrogens (tertiary/aromatic N) is 1. The van der Waals surface area contributed by atoms with Crippen LogP contribution in [0.15, 0.2) is 53.7 Å². The monoisotopic (exact) mass is 364 g/mol. The molecule has 8 heteroatoms. The van der Waals surface area contributed by atoms with E-state index in [1.165, 1.54) is 18.3 Å². The second kappa shape index (κ2) is 9.97. The zero-order valence-corrected chi connectivity index (χ0v) is 14.0. The second-order valence-corrected chi connectivity index (χ2v) is 4.93. The number of anilines is 1. The normalized spacial score (nSPS) is 10.8. The minimum atomic E-state index is -2.94. The number of alkyl halides is 2. The largest absolute Gasteiger partial charge is 0.494 e. The highest BCUT2D eigenvalue weighted by Gasteiger charge is 2.08. The summed E-state index contributed by atoms with van der Waals surface area (Å²) in [5, 5.41) is 6.23. The van der Waals surface area contributed by atoms with Crippen molar-refractivity contribution in [2.75, 3.05) is 18.5 Å². The van der Waals surface area contributed by atoms with Crippen molar-refractivity contribution in [3.63, 3.8) is 0 Å². The standard InChI is InChI=1S/C18H18F2N2O4/c1-2-24-15-9-7-14(8-10-15)22-17(23)12-25-21-11-13-5-3-4-6-16(13)26-18(19)20/h3-11,18H,2,12H2,1H3,(H,22,23)/b21-11+. The number of ether oxygens (including phenoxy) is 2. The Balaban J connectivity index is 1.82. The van der Waals surface area contributed by atoms with Gasteiger partial charge in [-0.15, -0.1) is 0 Å². The second-order valence-electron chi connectivity index (χ2n) is 4.93. The zero-order chi connectivity index (χ0) is 18.8. The molecule has 0 aliphatic rings. The van der Waals surface area contributed by atoms with Crippen LogP contribution in [0.3, 0.4) is 0 Å². The van der Waals surface area contributed by atoms with Crippen molar-refractivity contribution in [2.45, 2.75) is 13.5 Å². The highest BCUT2D eigenvalue weighted by atomic mass is 19.3. The van der Waals surface area contributed by atoms with Crippen LogP contribution in [0.1, 0.15) is 12.5 Å². The third-order valence-corrected chi connectivity index (χ3v) is 3.05. The van der Waals surface area contributed by atoms with E-state index in [1.54, 1.807) is 36.4 Å². The summed E-state index contributed by atoms with van der Waals surface area (Å²) in [5.41, 5.74) is 0.890. The number of hydrogen-bond donors (Lipinski definition) is 1.